The van der Waals surface area contributed by atoms with E-state index in [0.717, 1.165) is 41.4 Å². The highest BCUT2D eigenvalue weighted by Crippen LogP contribution is 2.31. The van der Waals surface area contributed by atoms with Crippen LogP contribution in [0.2, 0.25) is 0 Å². The van der Waals surface area contributed by atoms with Crippen LogP contribution in [0.4, 0.5) is 4.79 Å². The first-order chi connectivity index (χ1) is 14.0. The lowest BCUT2D eigenvalue weighted by Gasteiger charge is -2.23. The third kappa shape index (κ3) is 3.84. The van der Waals surface area contributed by atoms with Gasteiger partial charge in [0.2, 0.25) is 5.91 Å². The summed E-state index contributed by atoms with van der Waals surface area (Å²) in [5.74, 6) is -0.669. The molecule has 6 nitrogen and oxygen atoms in total. The van der Waals surface area contributed by atoms with E-state index in [0.29, 0.717) is 5.56 Å². The lowest BCUT2D eigenvalue weighted by molar-refractivity contribution is -0.135. The van der Waals surface area contributed by atoms with Gasteiger partial charge in [0, 0.05) is 6.04 Å². The van der Waals surface area contributed by atoms with Gasteiger partial charge in [-0.15, -0.1) is 0 Å². The van der Waals surface area contributed by atoms with Gasteiger partial charge in [-0.1, -0.05) is 62.1 Å². The van der Waals surface area contributed by atoms with Gasteiger partial charge < -0.3 is 10.6 Å². The van der Waals surface area contributed by atoms with Gasteiger partial charge in [-0.05, 0) is 42.2 Å². The number of carbonyl (C=O) groups is 3. The summed E-state index contributed by atoms with van der Waals surface area (Å²) >= 11 is 0. The Kier molecular flexibility index (Phi) is 5.26. The molecule has 1 saturated heterocycles. The van der Waals surface area contributed by atoms with Crippen LogP contribution >= 0.6 is 0 Å². The van der Waals surface area contributed by atoms with Gasteiger partial charge >= 0.3 is 6.03 Å². The molecule has 1 heterocycles. The van der Waals surface area contributed by atoms with Crippen molar-refractivity contribution in [3.63, 3.8) is 0 Å². The number of amides is 4. The van der Waals surface area contributed by atoms with Crippen molar-refractivity contribution in [1.29, 1.82) is 0 Å². The van der Waals surface area contributed by atoms with E-state index in [1.807, 2.05) is 42.5 Å². The Balaban J connectivity index is 1.49. The number of carbonyl (C=O) groups excluding carboxylic acids is 3. The number of urea groups is 1. The van der Waals surface area contributed by atoms with Gasteiger partial charge in [-0.2, -0.15) is 0 Å². The number of nitrogens with zero attached hydrogens (tertiary/aromatic N) is 1. The second kappa shape index (κ2) is 7.85. The Morgan fingerprint density at radius 1 is 1.07 bits per heavy atom. The molecule has 0 bridgehead atoms. The van der Waals surface area contributed by atoms with Gasteiger partial charge in [0.05, 0.1) is 0 Å². The first-order valence-corrected chi connectivity index (χ1v) is 10.4. The minimum Gasteiger partial charge on any atom is -0.352 e. The Morgan fingerprint density at radius 2 is 1.76 bits per heavy atom. The predicted molar refractivity (Wildman–Crippen MR) is 111 cm³/mol. The molecule has 1 aliphatic carbocycles. The molecule has 2 aromatic rings. The zero-order valence-electron chi connectivity index (χ0n) is 16.7. The zero-order chi connectivity index (χ0) is 20.4. The predicted octanol–water partition coefficient (Wildman–Crippen LogP) is 3.45. The maximum absolute atomic E-state index is 13.1. The molecule has 2 aliphatic rings. The van der Waals surface area contributed by atoms with Crippen molar-refractivity contribution in [2.45, 2.75) is 57.0 Å². The van der Waals surface area contributed by atoms with Gasteiger partial charge in [-0.3, -0.25) is 14.5 Å². The van der Waals surface area contributed by atoms with Crippen molar-refractivity contribution in [3.8, 4) is 0 Å². The highest BCUT2D eigenvalue weighted by atomic mass is 16.2. The van der Waals surface area contributed by atoms with Crippen molar-refractivity contribution >= 4 is 28.6 Å². The van der Waals surface area contributed by atoms with Crippen LogP contribution in [-0.4, -0.2) is 35.3 Å². The summed E-state index contributed by atoms with van der Waals surface area (Å²) in [6, 6.07) is 13.2. The molecule has 2 N–H and O–H groups in total. The van der Waals surface area contributed by atoms with Gasteiger partial charge in [0.25, 0.3) is 5.91 Å². The number of fused-ring (bicyclic) bond motifs is 1. The molecule has 1 atom stereocenters. The van der Waals surface area contributed by atoms with E-state index >= 15 is 0 Å². The van der Waals surface area contributed by atoms with Crippen LogP contribution in [0.1, 0.15) is 51.0 Å². The van der Waals surface area contributed by atoms with Crippen molar-refractivity contribution in [3.05, 3.63) is 48.0 Å². The average Bonchev–Trinajstić information content (AvgIpc) is 2.90. The molecule has 4 amide bonds. The van der Waals surface area contributed by atoms with Crippen molar-refractivity contribution in [2.75, 3.05) is 6.54 Å². The first-order valence-electron chi connectivity index (χ1n) is 10.4. The smallest absolute Gasteiger partial charge is 0.325 e. The Hall–Kier alpha value is -2.89. The molecule has 2 aromatic carbocycles. The SMILES string of the molecule is C[C@@]1(c2ccc3ccccc3c2)NC(=O)N(CC(=O)NC2CCCCCC2)C1=O. The lowest BCUT2D eigenvalue weighted by Crippen LogP contribution is -2.45. The molecule has 2 fully saturated rings. The Labute approximate surface area is 170 Å². The number of benzene rings is 2. The second-order valence-corrected chi connectivity index (χ2v) is 8.26. The lowest BCUT2D eigenvalue weighted by atomic mass is 9.90. The monoisotopic (exact) mass is 393 g/mol. The maximum atomic E-state index is 13.1. The topological polar surface area (TPSA) is 78.5 Å². The maximum Gasteiger partial charge on any atom is 0.325 e. The largest absolute Gasteiger partial charge is 0.352 e. The molecule has 152 valence electrons. The number of rotatable bonds is 4. The van der Waals surface area contributed by atoms with E-state index in [9.17, 15) is 14.4 Å². The van der Waals surface area contributed by atoms with Crippen LogP contribution in [0, 0.1) is 0 Å². The van der Waals surface area contributed by atoms with Gasteiger partial charge in [0.15, 0.2) is 0 Å². The number of hydrogen-bond donors (Lipinski definition) is 2. The summed E-state index contributed by atoms with van der Waals surface area (Å²) in [6.45, 7) is 1.45. The van der Waals surface area contributed by atoms with Crippen LogP contribution in [0.5, 0.6) is 0 Å². The van der Waals surface area contributed by atoms with Crippen LogP contribution in [-0.2, 0) is 15.1 Å². The standard InChI is InChI=1S/C23H27N3O3/c1-23(18-13-12-16-8-6-7-9-17(16)14-18)21(28)26(22(29)25-23)15-20(27)24-19-10-4-2-3-5-11-19/h6-9,12-14,19H,2-5,10-11,15H2,1H3,(H,24,27)(H,25,29)/t23-/m0/s1. The van der Waals surface area contributed by atoms with Crippen molar-refractivity contribution in [1.82, 2.24) is 15.5 Å². The quantitative estimate of drug-likeness (QED) is 0.617. The highest BCUT2D eigenvalue weighted by molar-refractivity contribution is 6.09. The molecule has 1 saturated carbocycles. The van der Waals surface area contributed by atoms with E-state index in [1.165, 1.54) is 12.8 Å². The number of imide groups is 1. The molecule has 0 aromatic heterocycles. The van der Waals surface area contributed by atoms with Crippen molar-refractivity contribution in [2.24, 2.45) is 0 Å². The summed E-state index contributed by atoms with van der Waals surface area (Å²) < 4.78 is 0. The third-order valence-electron chi connectivity index (χ3n) is 6.12. The van der Waals surface area contributed by atoms with Gasteiger partial charge in [0.1, 0.15) is 12.1 Å². The average molecular weight is 393 g/mol. The third-order valence-corrected chi connectivity index (χ3v) is 6.12. The molecule has 6 heteroatoms. The summed E-state index contributed by atoms with van der Waals surface area (Å²) in [7, 11) is 0. The van der Waals surface area contributed by atoms with Crippen LogP contribution in [0.3, 0.4) is 0 Å². The fraction of sp³-hybridized carbons (Fsp3) is 0.435. The van der Waals surface area contributed by atoms with E-state index in [4.69, 9.17) is 0 Å². The summed E-state index contributed by atoms with van der Waals surface area (Å²) in [4.78, 5) is 39.2. The molecule has 4 rings (SSSR count). The van der Waals surface area contributed by atoms with E-state index in [-0.39, 0.29) is 18.5 Å². The van der Waals surface area contributed by atoms with Crippen LogP contribution < -0.4 is 10.6 Å². The molecule has 0 unspecified atom stereocenters. The number of hydrogen-bond acceptors (Lipinski definition) is 3. The first kappa shape index (κ1) is 19.4. The molecule has 0 spiro atoms. The minimum atomic E-state index is -1.18. The zero-order valence-corrected chi connectivity index (χ0v) is 16.7. The van der Waals surface area contributed by atoms with Crippen LogP contribution in [0.15, 0.2) is 42.5 Å². The normalized spacial score (nSPS) is 23.1. The van der Waals surface area contributed by atoms with E-state index in [1.54, 1.807) is 6.92 Å². The fourth-order valence-electron chi connectivity index (χ4n) is 4.38. The molecular weight excluding hydrogens is 366 g/mol. The molecule has 29 heavy (non-hydrogen) atoms. The molecular formula is C23H27N3O3. The molecule has 1 aliphatic heterocycles. The Bertz CT molecular complexity index is 949. The van der Waals surface area contributed by atoms with E-state index in [2.05, 4.69) is 10.6 Å². The summed E-state index contributed by atoms with van der Waals surface area (Å²) in [6.07, 6.45) is 6.52. The van der Waals surface area contributed by atoms with Crippen molar-refractivity contribution < 1.29 is 14.4 Å². The van der Waals surface area contributed by atoms with Crippen LogP contribution in [0.25, 0.3) is 10.8 Å². The number of nitrogens with one attached hydrogen (secondary N) is 2. The second-order valence-electron chi connectivity index (χ2n) is 8.26. The van der Waals surface area contributed by atoms with Gasteiger partial charge in [-0.25, -0.2) is 4.79 Å². The highest BCUT2D eigenvalue weighted by Gasteiger charge is 2.49. The van der Waals surface area contributed by atoms with E-state index < -0.39 is 17.5 Å². The summed E-state index contributed by atoms with van der Waals surface area (Å²) in [5, 5.41) is 7.86. The minimum absolute atomic E-state index is 0.137. The Morgan fingerprint density at radius 3 is 2.48 bits per heavy atom. The summed E-state index contributed by atoms with van der Waals surface area (Å²) in [5.41, 5.74) is -0.467. The molecule has 0 radical (unpaired) electrons. The fourth-order valence-corrected chi connectivity index (χ4v) is 4.38.